The van der Waals surface area contributed by atoms with Crippen molar-refractivity contribution in [3.05, 3.63) is 53.8 Å². The van der Waals surface area contributed by atoms with Crippen molar-refractivity contribution in [2.45, 2.75) is 51.2 Å². The number of anilines is 1. The lowest BCUT2D eigenvalue weighted by molar-refractivity contribution is -0.121. The van der Waals surface area contributed by atoms with Gasteiger partial charge in [0.2, 0.25) is 5.91 Å². The van der Waals surface area contributed by atoms with E-state index >= 15 is 0 Å². The van der Waals surface area contributed by atoms with Crippen molar-refractivity contribution >= 4 is 17.5 Å². The average Bonchev–Trinajstić information content (AvgIpc) is 3.33. The summed E-state index contributed by atoms with van der Waals surface area (Å²) in [7, 11) is 0. The van der Waals surface area contributed by atoms with Crippen LogP contribution in [0.1, 0.15) is 49.9 Å². The maximum absolute atomic E-state index is 14.9. The van der Waals surface area contributed by atoms with E-state index in [0.717, 1.165) is 43.7 Å². The largest absolute Gasteiger partial charge is 0.385 e. The summed E-state index contributed by atoms with van der Waals surface area (Å²) in [5.41, 5.74) is 6.43. The Morgan fingerprint density at radius 2 is 1.75 bits per heavy atom. The van der Waals surface area contributed by atoms with Gasteiger partial charge in [-0.1, -0.05) is 24.3 Å². The molecule has 0 unspecified atom stereocenters. The fraction of sp³-hybridized carbons (Fsp3) is 0.500. The number of hydrogen-bond acceptors (Lipinski definition) is 4. The third-order valence-electron chi connectivity index (χ3n) is 7.17. The number of benzene rings is 2. The number of carbonyl (C=O) groups excluding carboxylic acids is 2. The third-order valence-corrected chi connectivity index (χ3v) is 7.17. The highest BCUT2D eigenvalue weighted by atomic mass is 19.1. The lowest BCUT2D eigenvalue weighted by Crippen LogP contribution is -2.44. The molecule has 2 aliphatic heterocycles. The van der Waals surface area contributed by atoms with Crippen molar-refractivity contribution < 1.29 is 18.4 Å². The summed E-state index contributed by atoms with van der Waals surface area (Å²) in [5.74, 6) is -1.16. The molecule has 6 nitrogen and oxygen atoms in total. The van der Waals surface area contributed by atoms with E-state index in [9.17, 15) is 18.4 Å². The van der Waals surface area contributed by atoms with Crippen molar-refractivity contribution in [3.8, 4) is 11.1 Å². The summed E-state index contributed by atoms with van der Waals surface area (Å²) in [6, 6.07) is 11.5. The van der Waals surface area contributed by atoms with Gasteiger partial charge in [-0.15, -0.1) is 0 Å². The Kier molecular flexibility index (Phi) is 7.93. The number of hydrogen-bond donors (Lipinski definition) is 2. The number of carbonyl (C=O) groups is 2. The normalized spacial score (nSPS) is 19.4. The highest BCUT2D eigenvalue weighted by Crippen LogP contribution is 2.30. The van der Waals surface area contributed by atoms with Gasteiger partial charge in [-0.25, -0.2) is 8.78 Å². The molecule has 2 aromatic carbocycles. The summed E-state index contributed by atoms with van der Waals surface area (Å²) >= 11 is 0. The number of primary amides is 1. The van der Waals surface area contributed by atoms with Crippen LogP contribution in [0.15, 0.2) is 42.5 Å². The molecule has 2 aromatic rings. The van der Waals surface area contributed by atoms with E-state index in [1.807, 2.05) is 24.3 Å². The van der Waals surface area contributed by atoms with Gasteiger partial charge in [-0.05, 0) is 87.9 Å². The average molecular weight is 499 g/mol. The lowest BCUT2D eigenvalue weighted by atomic mass is 9.95. The second-order valence-corrected chi connectivity index (χ2v) is 10.6. The minimum absolute atomic E-state index is 0.0328. The van der Waals surface area contributed by atoms with Crippen LogP contribution < -0.4 is 11.1 Å². The second kappa shape index (κ2) is 10.9. The number of halogens is 2. The first-order valence-corrected chi connectivity index (χ1v) is 12.8. The number of nitrogens with one attached hydrogen (secondary N) is 1. The number of alkyl halides is 1. The van der Waals surface area contributed by atoms with Gasteiger partial charge < -0.3 is 20.9 Å². The summed E-state index contributed by atoms with van der Waals surface area (Å²) in [4.78, 5) is 28.6. The number of rotatable bonds is 8. The maximum atomic E-state index is 14.9. The Balaban J connectivity index is 1.41. The van der Waals surface area contributed by atoms with Crippen LogP contribution in [0.25, 0.3) is 11.1 Å². The number of likely N-dealkylation sites (tertiary alicyclic amines) is 2. The summed E-state index contributed by atoms with van der Waals surface area (Å²) in [5, 5.41) is 3.47. The summed E-state index contributed by atoms with van der Waals surface area (Å²) in [6.45, 7) is 6.74. The molecule has 0 aliphatic carbocycles. The third kappa shape index (κ3) is 6.22. The molecule has 4 rings (SSSR count). The van der Waals surface area contributed by atoms with Gasteiger partial charge in [-0.3, -0.25) is 9.59 Å². The van der Waals surface area contributed by atoms with E-state index < -0.39 is 29.3 Å². The molecule has 0 spiro atoms. The van der Waals surface area contributed by atoms with Gasteiger partial charge in [0.25, 0.3) is 5.91 Å². The Bertz CT molecular complexity index is 1080. The SMILES string of the molecule is CC(C)(F)CN1CCC(CNc2ccc(-c3cccc(F)c3C(=O)N3CCC[C@H]3C(N)=O)cc2)CC1. The fourth-order valence-corrected chi connectivity index (χ4v) is 5.34. The molecule has 2 amide bonds. The molecule has 1 atom stereocenters. The lowest BCUT2D eigenvalue weighted by Gasteiger charge is -2.34. The van der Waals surface area contributed by atoms with Crippen LogP contribution in [-0.2, 0) is 4.79 Å². The standard InChI is InChI=1S/C28H36F2N4O2/c1-28(2,30)18-33-15-12-19(13-16-33)17-32-21-10-8-20(9-11-21)22-5-3-6-23(29)25(22)27(36)34-14-4-7-24(34)26(31)35/h3,5-6,8-11,19,24,32H,4,7,12-18H2,1-2H3,(H2,31,35)/t24-/m0/s1. The minimum Gasteiger partial charge on any atom is -0.385 e. The zero-order valence-electron chi connectivity index (χ0n) is 21.1. The molecular formula is C28H36F2N4O2. The first-order valence-electron chi connectivity index (χ1n) is 12.8. The Labute approximate surface area is 211 Å². The number of piperidine rings is 1. The van der Waals surface area contributed by atoms with Crippen LogP contribution in [0, 0.1) is 11.7 Å². The van der Waals surface area contributed by atoms with Gasteiger partial charge >= 0.3 is 0 Å². The minimum atomic E-state index is -1.17. The molecular weight excluding hydrogens is 462 g/mol. The predicted octanol–water partition coefficient (Wildman–Crippen LogP) is 4.45. The van der Waals surface area contributed by atoms with E-state index in [0.29, 0.717) is 37.4 Å². The number of nitrogens with zero attached hydrogens (tertiary/aromatic N) is 2. The monoisotopic (exact) mass is 498 g/mol. The van der Waals surface area contributed by atoms with E-state index in [1.54, 1.807) is 26.0 Å². The van der Waals surface area contributed by atoms with Crippen molar-refractivity contribution in [1.29, 1.82) is 0 Å². The van der Waals surface area contributed by atoms with Crippen molar-refractivity contribution in [2.24, 2.45) is 11.7 Å². The zero-order valence-corrected chi connectivity index (χ0v) is 21.1. The molecule has 0 bridgehead atoms. The zero-order chi connectivity index (χ0) is 25.9. The number of amides is 2. The van der Waals surface area contributed by atoms with Gasteiger partial charge in [-0.2, -0.15) is 0 Å². The van der Waals surface area contributed by atoms with Crippen LogP contribution in [0.3, 0.4) is 0 Å². The Morgan fingerprint density at radius 3 is 2.39 bits per heavy atom. The topological polar surface area (TPSA) is 78.7 Å². The highest BCUT2D eigenvalue weighted by Gasteiger charge is 2.35. The van der Waals surface area contributed by atoms with Crippen molar-refractivity contribution in [3.63, 3.8) is 0 Å². The van der Waals surface area contributed by atoms with Crippen LogP contribution in [0.5, 0.6) is 0 Å². The Hall–Kier alpha value is -3.00. The maximum Gasteiger partial charge on any atom is 0.258 e. The van der Waals surface area contributed by atoms with Crippen LogP contribution >= 0.6 is 0 Å². The van der Waals surface area contributed by atoms with E-state index in [-0.39, 0.29) is 5.56 Å². The smallest absolute Gasteiger partial charge is 0.258 e. The molecule has 0 aromatic heterocycles. The number of nitrogens with two attached hydrogens (primary N) is 1. The first kappa shape index (κ1) is 26.1. The van der Waals surface area contributed by atoms with E-state index in [4.69, 9.17) is 5.73 Å². The van der Waals surface area contributed by atoms with Gasteiger partial charge in [0.05, 0.1) is 5.56 Å². The molecule has 2 aliphatic rings. The van der Waals surface area contributed by atoms with Crippen molar-refractivity contribution in [2.75, 3.05) is 38.0 Å². The van der Waals surface area contributed by atoms with Gasteiger partial charge in [0, 0.05) is 25.3 Å². The molecule has 36 heavy (non-hydrogen) atoms. The molecule has 8 heteroatoms. The van der Waals surface area contributed by atoms with Crippen LogP contribution in [0.2, 0.25) is 0 Å². The first-order chi connectivity index (χ1) is 17.1. The van der Waals surface area contributed by atoms with Gasteiger partial charge in [0.15, 0.2) is 0 Å². The van der Waals surface area contributed by atoms with Crippen LogP contribution in [-0.4, -0.2) is 66.0 Å². The quantitative estimate of drug-likeness (QED) is 0.564. The molecule has 2 saturated heterocycles. The van der Waals surface area contributed by atoms with E-state index in [2.05, 4.69) is 10.2 Å². The predicted molar refractivity (Wildman–Crippen MR) is 138 cm³/mol. The van der Waals surface area contributed by atoms with Crippen LogP contribution in [0.4, 0.5) is 14.5 Å². The Morgan fingerprint density at radius 1 is 1.06 bits per heavy atom. The second-order valence-electron chi connectivity index (χ2n) is 10.6. The van der Waals surface area contributed by atoms with E-state index in [1.165, 1.54) is 11.0 Å². The summed E-state index contributed by atoms with van der Waals surface area (Å²) in [6.07, 6.45) is 3.21. The van der Waals surface area contributed by atoms with Crippen molar-refractivity contribution in [1.82, 2.24) is 9.80 Å². The molecule has 3 N–H and O–H groups in total. The highest BCUT2D eigenvalue weighted by molar-refractivity contribution is 6.03. The summed E-state index contributed by atoms with van der Waals surface area (Å²) < 4.78 is 28.8. The molecule has 0 saturated carbocycles. The molecule has 0 radical (unpaired) electrons. The molecule has 2 heterocycles. The van der Waals surface area contributed by atoms with Gasteiger partial charge in [0.1, 0.15) is 17.5 Å². The fourth-order valence-electron chi connectivity index (χ4n) is 5.34. The molecule has 194 valence electrons. The molecule has 2 fully saturated rings.